The minimum absolute atomic E-state index is 0.104. The highest BCUT2D eigenvalue weighted by atomic mass is 35.5. The fourth-order valence-electron chi connectivity index (χ4n) is 5.36. The average molecular weight is 457 g/mol. The van der Waals surface area contributed by atoms with E-state index in [0.717, 1.165) is 54.4 Å². The number of hydrogen-bond donors (Lipinski definition) is 1. The van der Waals surface area contributed by atoms with Gasteiger partial charge >= 0.3 is 0 Å². The molecule has 0 saturated carbocycles. The Kier molecular flexibility index (Phi) is 5.07. The van der Waals surface area contributed by atoms with E-state index in [1.807, 2.05) is 71.8 Å². The second-order valence-corrected chi connectivity index (χ2v) is 9.56. The minimum Gasteiger partial charge on any atom is -0.376 e. The first-order chi connectivity index (χ1) is 16.2. The molecule has 4 aliphatic rings. The van der Waals surface area contributed by atoms with E-state index in [-0.39, 0.29) is 11.9 Å². The molecule has 2 saturated heterocycles. The lowest BCUT2D eigenvalue weighted by Crippen LogP contribution is -2.38. The van der Waals surface area contributed by atoms with Gasteiger partial charge in [-0.3, -0.25) is 4.79 Å². The molecule has 6 heteroatoms. The molecule has 1 aliphatic carbocycles. The van der Waals surface area contributed by atoms with Crippen LogP contribution in [0.5, 0.6) is 0 Å². The fourth-order valence-corrected chi connectivity index (χ4v) is 5.55. The van der Waals surface area contributed by atoms with Crippen molar-refractivity contribution in [1.29, 1.82) is 0 Å². The maximum absolute atomic E-state index is 13.5. The zero-order valence-electron chi connectivity index (χ0n) is 18.2. The molecule has 6 rings (SSSR count). The van der Waals surface area contributed by atoms with Crippen LogP contribution >= 0.6 is 11.6 Å². The molecule has 2 fully saturated rings. The number of aliphatic imine (C=N–C) groups is 1. The van der Waals surface area contributed by atoms with Crippen LogP contribution in [0.25, 0.3) is 11.1 Å². The predicted octanol–water partition coefficient (Wildman–Crippen LogP) is 4.35. The number of likely N-dealkylation sites (tertiary alicyclic amines) is 2. The summed E-state index contributed by atoms with van der Waals surface area (Å²) < 4.78 is 0. The van der Waals surface area contributed by atoms with Crippen LogP contribution in [0.15, 0.2) is 89.8 Å². The van der Waals surface area contributed by atoms with Crippen LogP contribution in [0, 0.1) is 11.8 Å². The van der Waals surface area contributed by atoms with Crippen molar-refractivity contribution in [2.45, 2.75) is 6.04 Å². The lowest BCUT2D eigenvalue weighted by molar-refractivity contribution is 0.0777. The van der Waals surface area contributed by atoms with Gasteiger partial charge in [-0.05, 0) is 35.4 Å². The normalized spacial score (nSPS) is 25.3. The van der Waals surface area contributed by atoms with E-state index >= 15 is 0 Å². The Morgan fingerprint density at radius 3 is 2.64 bits per heavy atom. The average Bonchev–Trinajstić information content (AvgIpc) is 3.43. The van der Waals surface area contributed by atoms with Gasteiger partial charge in [0.2, 0.25) is 0 Å². The zero-order chi connectivity index (χ0) is 22.4. The Morgan fingerprint density at radius 1 is 1.00 bits per heavy atom. The molecule has 2 aromatic rings. The highest BCUT2D eigenvalue weighted by Gasteiger charge is 2.43. The van der Waals surface area contributed by atoms with E-state index < -0.39 is 0 Å². The third kappa shape index (κ3) is 3.76. The number of carbonyl (C=O) groups excluding carboxylic acids is 1. The summed E-state index contributed by atoms with van der Waals surface area (Å²) in [6.45, 7) is 3.43. The number of rotatable bonds is 3. The van der Waals surface area contributed by atoms with Crippen molar-refractivity contribution in [3.8, 4) is 11.1 Å². The van der Waals surface area contributed by atoms with E-state index in [9.17, 15) is 4.79 Å². The van der Waals surface area contributed by atoms with Crippen LogP contribution in [-0.2, 0) is 0 Å². The third-order valence-corrected chi connectivity index (χ3v) is 7.26. The van der Waals surface area contributed by atoms with Gasteiger partial charge in [0.25, 0.3) is 5.91 Å². The molecule has 166 valence electrons. The van der Waals surface area contributed by atoms with Crippen LogP contribution in [0.3, 0.4) is 0 Å². The Hall–Kier alpha value is -3.31. The second-order valence-electron chi connectivity index (χ2n) is 9.12. The van der Waals surface area contributed by atoms with Gasteiger partial charge in [-0.15, -0.1) is 0 Å². The molecule has 3 aliphatic heterocycles. The van der Waals surface area contributed by atoms with Crippen LogP contribution in [0.1, 0.15) is 10.4 Å². The number of benzene rings is 2. The fraction of sp³-hybridized carbons (Fsp3) is 0.259. The van der Waals surface area contributed by atoms with Crippen molar-refractivity contribution in [3.63, 3.8) is 0 Å². The van der Waals surface area contributed by atoms with Crippen LogP contribution in [-0.4, -0.2) is 53.6 Å². The van der Waals surface area contributed by atoms with Gasteiger partial charge in [-0.1, -0.05) is 60.2 Å². The van der Waals surface area contributed by atoms with E-state index in [1.165, 1.54) is 0 Å². The lowest BCUT2D eigenvalue weighted by atomic mass is 9.99. The zero-order valence-corrected chi connectivity index (χ0v) is 18.9. The summed E-state index contributed by atoms with van der Waals surface area (Å²) in [4.78, 5) is 22.8. The Balaban J connectivity index is 1.16. The summed E-state index contributed by atoms with van der Waals surface area (Å²) in [6.07, 6.45) is 10.3. The molecule has 0 radical (unpaired) electrons. The molecule has 3 unspecified atom stereocenters. The van der Waals surface area contributed by atoms with Crippen molar-refractivity contribution >= 4 is 23.2 Å². The van der Waals surface area contributed by atoms with Crippen molar-refractivity contribution < 1.29 is 4.79 Å². The molecule has 0 aromatic heterocycles. The number of carbonyl (C=O) groups is 1. The summed E-state index contributed by atoms with van der Waals surface area (Å²) >= 11 is 6.21. The summed E-state index contributed by atoms with van der Waals surface area (Å²) in [6, 6.07) is 15.7. The van der Waals surface area contributed by atoms with Crippen LogP contribution in [0.4, 0.5) is 0 Å². The van der Waals surface area contributed by atoms with Gasteiger partial charge in [-0.25, -0.2) is 4.99 Å². The van der Waals surface area contributed by atoms with Crippen molar-refractivity contribution in [1.82, 2.24) is 15.1 Å². The van der Waals surface area contributed by atoms with Gasteiger partial charge in [0.1, 0.15) is 5.82 Å². The minimum atomic E-state index is 0.104. The standard InChI is InChI=1S/C27H25ClN4O/c28-21-7-5-6-18(12-21)22-8-1-2-9-23(22)27(33)32-16-19-14-31(15-20(19)17-32)26-13-29-24-10-3-4-11-25(24)30-26/h1-13,19-20,24,29H,14-17H2. The summed E-state index contributed by atoms with van der Waals surface area (Å²) in [7, 11) is 0. The number of fused-ring (bicyclic) bond motifs is 2. The smallest absolute Gasteiger partial charge is 0.254 e. The SMILES string of the molecule is O=C(c1ccccc1-c1cccc(Cl)c1)N1CC2CN(C3=CNC4C=CC=CC4=N3)CC2C1. The van der Waals surface area contributed by atoms with Gasteiger partial charge in [-0.2, -0.15) is 0 Å². The highest BCUT2D eigenvalue weighted by Crippen LogP contribution is 2.35. The molecular weight excluding hydrogens is 432 g/mol. The van der Waals surface area contributed by atoms with Gasteiger partial charge in [0.05, 0.1) is 11.8 Å². The van der Waals surface area contributed by atoms with E-state index in [1.54, 1.807) is 0 Å². The van der Waals surface area contributed by atoms with Crippen molar-refractivity contribution in [2.75, 3.05) is 26.2 Å². The lowest BCUT2D eigenvalue weighted by Gasteiger charge is -2.28. The largest absolute Gasteiger partial charge is 0.376 e. The summed E-state index contributed by atoms with van der Waals surface area (Å²) in [5, 5.41) is 4.11. The Bertz CT molecular complexity index is 1220. The second kappa shape index (κ2) is 8.23. The first kappa shape index (κ1) is 20.3. The molecule has 1 N–H and O–H groups in total. The van der Waals surface area contributed by atoms with Crippen LogP contribution in [0.2, 0.25) is 5.02 Å². The molecular formula is C27H25ClN4O. The number of hydrogen-bond acceptors (Lipinski definition) is 4. The molecule has 3 heterocycles. The third-order valence-electron chi connectivity index (χ3n) is 7.03. The molecule has 33 heavy (non-hydrogen) atoms. The van der Waals surface area contributed by atoms with Crippen LogP contribution < -0.4 is 5.32 Å². The Morgan fingerprint density at radius 2 is 1.82 bits per heavy atom. The molecule has 0 bridgehead atoms. The van der Waals surface area contributed by atoms with Crippen molar-refractivity contribution in [2.24, 2.45) is 16.8 Å². The number of amides is 1. The topological polar surface area (TPSA) is 47.9 Å². The van der Waals surface area contributed by atoms with E-state index in [0.29, 0.717) is 16.9 Å². The molecule has 3 atom stereocenters. The van der Waals surface area contributed by atoms with E-state index in [2.05, 4.69) is 22.4 Å². The van der Waals surface area contributed by atoms with Gasteiger partial charge < -0.3 is 15.1 Å². The molecule has 0 spiro atoms. The number of halogens is 1. The number of allylic oxidation sites excluding steroid dienone is 2. The summed E-state index contributed by atoms with van der Waals surface area (Å²) in [5.74, 6) is 2.04. The maximum atomic E-state index is 13.5. The monoisotopic (exact) mass is 456 g/mol. The molecule has 2 aromatic carbocycles. The van der Waals surface area contributed by atoms with E-state index in [4.69, 9.17) is 16.6 Å². The first-order valence-electron chi connectivity index (χ1n) is 11.4. The van der Waals surface area contributed by atoms with Gasteiger partial charge in [0.15, 0.2) is 0 Å². The summed E-state index contributed by atoms with van der Waals surface area (Å²) in [5.41, 5.74) is 3.70. The van der Waals surface area contributed by atoms with Crippen molar-refractivity contribution in [3.05, 3.63) is 95.4 Å². The predicted molar refractivity (Wildman–Crippen MR) is 132 cm³/mol. The van der Waals surface area contributed by atoms with Gasteiger partial charge in [0, 0.05) is 54.8 Å². The first-order valence-corrected chi connectivity index (χ1v) is 11.8. The maximum Gasteiger partial charge on any atom is 0.254 e. The molecule has 5 nitrogen and oxygen atoms in total. The molecule has 1 amide bonds. The highest BCUT2D eigenvalue weighted by molar-refractivity contribution is 6.30. The number of nitrogens with one attached hydrogen (secondary N) is 1. The quantitative estimate of drug-likeness (QED) is 0.747. The number of nitrogens with zero attached hydrogens (tertiary/aromatic N) is 3. The Labute approximate surface area is 198 Å².